The van der Waals surface area contributed by atoms with Crippen LogP contribution in [0.2, 0.25) is 10.0 Å². The number of nitrogens with one attached hydrogen (secondary N) is 1. The fourth-order valence-electron chi connectivity index (χ4n) is 2.35. The molecule has 0 aliphatic rings. The van der Waals surface area contributed by atoms with Gasteiger partial charge in [-0.25, -0.2) is 0 Å². The molecule has 1 unspecified atom stereocenters. The Bertz CT molecular complexity index is 912. The SMILES string of the molecule is Cc1nn(CC(=O)OC(C)C(=O)Nc2cccc(Cl)c2Cl)c(C)c1[N+](=O)[O-]. The highest BCUT2D eigenvalue weighted by Gasteiger charge is 2.25. The predicted molar refractivity (Wildman–Crippen MR) is 99.0 cm³/mol. The summed E-state index contributed by atoms with van der Waals surface area (Å²) >= 11 is 11.9. The van der Waals surface area contributed by atoms with E-state index in [-0.39, 0.29) is 39.4 Å². The molecule has 0 bridgehead atoms. The summed E-state index contributed by atoms with van der Waals surface area (Å²) in [4.78, 5) is 34.7. The topological polar surface area (TPSA) is 116 Å². The van der Waals surface area contributed by atoms with E-state index in [1.165, 1.54) is 20.8 Å². The molecule has 144 valence electrons. The molecular formula is C16H16Cl2N4O5. The maximum atomic E-state index is 12.2. The summed E-state index contributed by atoms with van der Waals surface area (Å²) in [7, 11) is 0. The van der Waals surface area contributed by atoms with Gasteiger partial charge < -0.3 is 10.1 Å². The van der Waals surface area contributed by atoms with Gasteiger partial charge in [0.15, 0.2) is 6.10 Å². The molecule has 1 atom stereocenters. The van der Waals surface area contributed by atoms with E-state index in [2.05, 4.69) is 10.4 Å². The zero-order valence-electron chi connectivity index (χ0n) is 14.7. The van der Waals surface area contributed by atoms with Crippen molar-refractivity contribution < 1.29 is 19.2 Å². The molecule has 0 saturated heterocycles. The lowest BCUT2D eigenvalue weighted by Crippen LogP contribution is -2.31. The Morgan fingerprint density at radius 3 is 2.63 bits per heavy atom. The van der Waals surface area contributed by atoms with Gasteiger partial charge in [-0.1, -0.05) is 29.3 Å². The fraction of sp³-hybridized carbons (Fsp3) is 0.312. The third kappa shape index (κ3) is 4.75. The summed E-state index contributed by atoms with van der Waals surface area (Å²) in [5, 5.41) is 17.9. The van der Waals surface area contributed by atoms with Crippen molar-refractivity contribution in [1.29, 1.82) is 0 Å². The van der Waals surface area contributed by atoms with E-state index in [1.54, 1.807) is 18.2 Å². The predicted octanol–water partition coefficient (Wildman–Crippen LogP) is 3.29. The maximum absolute atomic E-state index is 12.2. The molecule has 0 radical (unpaired) electrons. The minimum atomic E-state index is -1.13. The van der Waals surface area contributed by atoms with Gasteiger partial charge in [0, 0.05) is 0 Å². The van der Waals surface area contributed by atoms with Crippen molar-refractivity contribution in [2.75, 3.05) is 5.32 Å². The number of aryl methyl sites for hydroxylation is 1. The lowest BCUT2D eigenvalue weighted by Gasteiger charge is -2.14. The van der Waals surface area contributed by atoms with Gasteiger partial charge in [-0.05, 0) is 32.9 Å². The van der Waals surface area contributed by atoms with Crippen LogP contribution < -0.4 is 5.32 Å². The summed E-state index contributed by atoms with van der Waals surface area (Å²) in [6, 6.07) is 4.72. The molecule has 0 spiro atoms. The highest BCUT2D eigenvalue weighted by atomic mass is 35.5. The number of hydrogen-bond donors (Lipinski definition) is 1. The number of benzene rings is 1. The first-order valence-electron chi connectivity index (χ1n) is 7.74. The third-order valence-corrected chi connectivity index (χ3v) is 4.51. The second-order valence-corrected chi connectivity index (χ2v) is 6.44. The molecule has 1 amide bonds. The van der Waals surface area contributed by atoms with Gasteiger partial charge in [0.1, 0.15) is 17.9 Å². The number of amides is 1. The number of rotatable bonds is 6. The lowest BCUT2D eigenvalue weighted by atomic mass is 10.3. The number of carbonyl (C=O) groups excluding carboxylic acids is 2. The number of carbonyl (C=O) groups is 2. The summed E-state index contributed by atoms with van der Waals surface area (Å²) < 4.78 is 6.23. The van der Waals surface area contributed by atoms with Crippen LogP contribution in [0, 0.1) is 24.0 Å². The van der Waals surface area contributed by atoms with E-state index in [4.69, 9.17) is 27.9 Å². The Labute approximate surface area is 164 Å². The van der Waals surface area contributed by atoms with Gasteiger partial charge in [0.2, 0.25) is 0 Å². The summed E-state index contributed by atoms with van der Waals surface area (Å²) in [6.07, 6.45) is -1.13. The normalized spacial score (nSPS) is 11.7. The Balaban J connectivity index is 2.01. The van der Waals surface area contributed by atoms with Gasteiger partial charge >= 0.3 is 11.7 Å². The number of aromatic nitrogens is 2. The van der Waals surface area contributed by atoms with Gasteiger partial charge in [-0.2, -0.15) is 5.10 Å². The minimum absolute atomic E-state index is 0.163. The number of esters is 1. The molecular weight excluding hydrogens is 399 g/mol. The van der Waals surface area contributed by atoms with Crippen LogP contribution >= 0.6 is 23.2 Å². The first kappa shape index (κ1) is 20.7. The minimum Gasteiger partial charge on any atom is -0.451 e. The average Bonchev–Trinajstić information content (AvgIpc) is 2.85. The number of halogens is 2. The molecule has 0 fully saturated rings. The number of anilines is 1. The second-order valence-electron chi connectivity index (χ2n) is 5.66. The quantitative estimate of drug-likeness (QED) is 0.440. The first-order valence-corrected chi connectivity index (χ1v) is 8.50. The van der Waals surface area contributed by atoms with Crippen LogP contribution in [-0.2, 0) is 20.9 Å². The molecule has 1 heterocycles. The standard InChI is InChI=1S/C16H16Cl2N4O5/c1-8-15(22(25)26)9(2)21(20-8)7-13(23)27-10(3)16(24)19-12-6-4-5-11(17)14(12)18/h4-6,10H,7H2,1-3H3,(H,19,24). The van der Waals surface area contributed by atoms with Crippen LogP contribution in [0.15, 0.2) is 18.2 Å². The Kier molecular flexibility index (Phi) is 6.40. The van der Waals surface area contributed by atoms with Crippen LogP contribution in [0.4, 0.5) is 11.4 Å². The van der Waals surface area contributed by atoms with Crippen molar-refractivity contribution in [3.8, 4) is 0 Å². The molecule has 0 aliphatic heterocycles. The number of ether oxygens (including phenoxy) is 1. The van der Waals surface area contributed by atoms with E-state index in [9.17, 15) is 19.7 Å². The maximum Gasteiger partial charge on any atom is 0.328 e. The summed E-state index contributed by atoms with van der Waals surface area (Å²) in [6.45, 7) is 3.96. The zero-order valence-corrected chi connectivity index (χ0v) is 16.2. The van der Waals surface area contributed by atoms with E-state index in [0.29, 0.717) is 0 Å². The number of hydrogen-bond acceptors (Lipinski definition) is 6. The number of nitro groups is 1. The lowest BCUT2D eigenvalue weighted by molar-refractivity contribution is -0.386. The molecule has 9 nitrogen and oxygen atoms in total. The van der Waals surface area contributed by atoms with Crippen LogP contribution in [0.1, 0.15) is 18.3 Å². The summed E-state index contributed by atoms with van der Waals surface area (Å²) in [5.74, 6) is -1.37. The number of nitrogens with zero attached hydrogens (tertiary/aromatic N) is 3. The molecule has 0 aliphatic carbocycles. The molecule has 27 heavy (non-hydrogen) atoms. The van der Waals surface area contributed by atoms with Crippen molar-refractivity contribution in [1.82, 2.24) is 9.78 Å². The Morgan fingerprint density at radius 2 is 2.04 bits per heavy atom. The smallest absolute Gasteiger partial charge is 0.328 e. The first-order chi connectivity index (χ1) is 12.6. The highest BCUT2D eigenvalue weighted by molar-refractivity contribution is 6.44. The van der Waals surface area contributed by atoms with Crippen LogP contribution in [-0.4, -0.2) is 32.7 Å². The molecule has 1 N–H and O–H groups in total. The Morgan fingerprint density at radius 1 is 1.37 bits per heavy atom. The average molecular weight is 415 g/mol. The van der Waals surface area contributed by atoms with Crippen molar-refractivity contribution in [3.05, 3.63) is 49.7 Å². The molecule has 2 aromatic rings. The summed E-state index contributed by atoms with van der Waals surface area (Å²) in [5.41, 5.74) is 0.527. The van der Waals surface area contributed by atoms with Crippen molar-refractivity contribution in [3.63, 3.8) is 0 Å². The monoisotopic (exact) mass is 414 g/mol. The molecule has 11 heteroatoms. The van der Waals surface area contributed by atoms with Gasteiger partial charge in [0.05, 0.1) is 20.7 Å². The van der Waals surface area contributed by atoms with E-state index >= 15 is 0 Å². The van der Waals surface area contributed by atoms with Gasteiger partial charge in [0.25, 0.3) is 5.91 Å². The van der Waals surface area contributed by atoms with Crippen LogP contribution in [0.3, 0.4) is 0 Å². The third-order valence-electron chi connectivity index (χ3n) is 3.69. The zero-order chi connectivity index (χ0) is 20.3. The molecule has 1 aromatic heterocycles. The molecule has 0 saturated carbocycles. The second kappa shape index (κ2) is 8.36. The van der Waals surface area contributed by atoms with E-state index < -0.39 is 22.9 Å². The van der Waals surface area contributed by atoms with Crippen LogP contribution in [0.5, 0.6) is 0 Å². The fourth-order valence-corrected chi connectivity index (χ4v) is 2.70. The van der Waals surface area contributed by atoms with E-state index in [0.717, 1.165) is 4.68 Å². The van der Waals surface area contributed by atoms with E-state index in [1.807, 2.05) is 0 Å². The van der Waals surface area contributed by atoms with Crippen molar-refractivity contribution >= 4 is 46.5 Å². The highest BCUT2D eigenvalue weighted by Crippen LogP contribution is 2.29. The largest absolute Gasteiger partial charge is 0.451 e. The van der Waals surface area contributed by atoms with Crippen LogP contribution in [0.25, 0.3) is 0 Å². The van der Waals surface area contributed by atoms with Crippen molar-refractivity contribution in [2.45, 2.75) is 33.4 Å². The van der Waals surface area contributed by atoms with Gasteiger partial charge in [-0.15, -0.1) is 0 Å². The molecule has 2 rings (SSSR count). The van der Waals surface area contributed by atoms with Crippen molar-refractivity contribution in [2.24, 2.45) is 0 Å². The molecule has 1 aromatic carbocycles. The van der Waals surface area contributed by atoms with Gasteiger partial charge in [-0.3, -0.25) is 24.4 Å². The Hall–Kier alpha value is -2.65.